The SMILES string of the molecule is CC(C)(C)OC(=O)[C@H](Cc1ccc(O)cc1)NC(=O)[C@H](CCC(=O)OCc1ccccc1)NC(=O)[C@@H](N)Cc1ccc(O)cc1. The predicted octanol–water partition coefficient (Wildman–Crippen LogP) is 3.05. The van der Waals surface area contributed by atoms with E-state index in [1.54, 1.807) is 45.0 Å². The van der Waals surface area contributed by atoms with E-state index in [9.17, 15) is 29.4 Å². The average Bonchev–Trinajstić information content (AvgIpc) is 2.99. The van der Waals surface area contributed by atoms with E-state index in [0.717, 1.165) is 5.56 Å². The Kier molecular flexibility index (Phi) is 12.5. The monoisotopic (exact) mass is 619 g/mol. The molecule has 0 saturated carbocycles. The Hall–Kier alpha value is -4.90. The number of aromatic hydroxyl groups is 2. The number of hydrogen-bond acceptors (Lipinski definition) is 9. The summed E-state index contributed by atoms with van der Waals surface area (Å²) < 4.78 is 10.9. The van der Waals surface area contributed by atoms with Gasteiger partial charge in [-0.05, 0) is 74.6 Å². The Morgan fingerprint density at radius 1 is 0.733 bits per heavy atom. The van der Waals surface area contributed by atoms with Crippen LogP contribution >= 0.6 is 0 Å². The van der Waals surface area contributed by atoms with Crippen LogP contribution in [0.1, 0.15) is 50.3 Å². The van der Waals surface area contributed by atoms with E-state index in [-0.39, 0.29) is 43.8 Å². The van der Waals surface area contributed by atoms with Gasteiger partial charge in [0.15, 0.2) is 0 Å². The quantitative estimate of drug-likeness (QED) is 0.170. The standard InChI is InChI=1S/C34H41N3O8/c1-34(2,3)45-33(43)29(20-23-11-15-26(39)16-12-23)37-32(42)28(17-18-30(40)44-21-24-7-5-4-6-8-24)36-31(41)27(35)19-22-9-13-25(38)14-10-22/h4-16,27-29,38-39H,17-21,35H2,1-3H3,(H,36,41)(H,37,42)/t27-,28-,29-/m0/s1. The lowest BCUT2D eigenvalue weighted by atomic mass is 10.0. The van der Waals surface area contributed by atoms with Gasteiger partial charge in [0.1, 0.15) is 35.8 Å². The number of rotatable bonds is 14. The minimum absolute atomic E-state index is 0.0427. The number of nitrogens with two attached hydrogens (primary N) is 1. The van der Waals surface area contributed by atoms with Gasteiger partial charge >= 0.3 is 11.9 Å². The van der Waals surface area contributed by atoms with Crippen LogP contribution < -0.4 is 16.4 Å². The third-order valence-electron chi connectivity index (χ3n) is 6.63. The first-order valence-corrected chi connectivity index (χ1v) is 14.6. The first-order chi connectivity index (χ1) is 21.3. The second-order valence-electron chi connectivity index (χ2n) is 11.7. The number of esters is 2. The molecule has 0 aromatic heterocycles. The number of hydrogen-bond donors (Lipinski definition) is 5. The van der Waals surface area contributed by atoms with Gasteiger partial charge in [-0.15, -0.1) is 0 Å². The van der Waals surface area contributed by atoms with E-state index in [2.05, 4.69) is 10.6 Å². The molecule has 0 aliphatic rings. The van der Waals surface area contributed by atoms with Crippen LogP contribution in [0.2, 0.25) is 0 Å². The molecule has 11 nitrogen and oxygen atoms in total. The van der Waals surface area contributed by atoms with Crippen molar-refractivity contribution in [3.8, 4) is 11.5 Å². The molecule has 3 rings (SSSR count). The second kappa shape index (κ2) is 16.2. The number of amides is 2. The second-order valence-corrected chi connectivity index (χ2v) is 11.7. The molecule has 0 aliphatic carbocycles. The molecule has 0 unspecified atom stereocenters. The molecule has 240 valence electrons. The molecule has 0 saturated heterocycles. The maximum Gasteiger partial charge on any atom is 0.329 e. The molecule has 3 aromatic carbocycles. The summed E-state index contributed by atoms with van der Waals surface area (Å²) in [4.78, 5) is 52.5. The third kappa shape index (κ3) is 12.3. The van der Waals surface area contributed by atoms with E-state index in [1.165, 1.54) is 24.3 Å². The number of phenolic OH excluding ortho intramolecular Hbond substituents is 2. The number of nitrogens with one attached hydrogen (secondary N) is 2. The molecule has 0 aliphatic heterocycles. The third-order valence-corrected chi connectivity index (χ3v) is 6.63. The molecule has 0 radical (unpaired) electrons. The van der Waals surface area contributed by atoms with Crippen molar-refractivity contribution in [1.29, 1.82) is 0 Å². The summed E-state index contributed by atoms with van der Waals surface area (Å²) in [7, 11) is 0. The highest BCUT2D eigenvalue weighted by Gasteiger charge is 2.31. The fourth-order valence-electron chi connectivity index (χ4n) is 4.30. The largest absolute Gasteiger partial charge is 0.508 e. The Balaban J connectivity index is 1.75. The molecular weight excluding hydrogens is 578 g/mol. The number of ether oxygens (including phenoxy) is 2. The molecule has 11 heteroatoms. The van der Waals surface area contributed by atoms with Gasteiger partial charge in [0.05, 0.1) is 6.04 Å². The Morgan fingerprint density at radius 3 is 1.82 bits per heavy atom. The molecular formula is C34H41N3O8. The Morgan fingerprint density at radius 2 is 1.27 bits per heavy atom. The van der Waals surface area contributed by atoms with Gasteiger partial charge in [0, 0.05) is 12.8 Å². The van der Waals surface area contributed by atoms with Crippen molar-refractivity contribution >= 4 is 23.8 Å². The number of benzene rings is 3. The van der Waals surface area contributed by atoms with Crippen molar-refractivity contribution in [2.24, 2.45) is 5.73 Å². The molecule has 6 N–H and O–H groups in total. The normalized spacial score (nSPS) is 13.2. The smallest absolute Gasteiger partial charge is 0.329 e. The molecule has 0 spiro atoms. The Labute approximate surface area is 262 Å². The lowest BCUT2D eigenvalue weighted by molar-refractivity contribution is -0.159. The molecule has 2 amide bonds. The van der Waals surface area contributed by atoms with Crippen LogP contribution in [-0.2, 0) is 48.1 Å². The number of carbonyl (C=O) groups excluding carboxylic acids is 4. The fraction of sp³-hybridized carbons (Fsp3) is 0.353. The maximum absolute atomic E-state index is 13.6. The van der Waals surface area contributed by atoms with Crippen molar-refractivity contribution in [2.75, 3.05) is 0 Å². The van der Waals surface area contributed by atoms with Crippen molar-refractivity contribution in [3.05, 3.63) is 95.6 Å². The van der Waals surface area contributed by atoms with Gasteiger partial charge in [-0.2, -0.15) is 0 Å². The highest BCUT2D eigenvalue weighted by atomic mass is 16.6. The molecule has 3 atom stereocenters. The zero-order chi connectivity index (χ0) is 33.0. The summed E-state index contributed by atoms with van der Waals surface area (Å²) in [6.45, 7) is 5.14. The predicted molar refractivity (Wildman–Crippen MR) is 167 cm³/mol. The first kappa shape index (κ1) is 34.6. The van der Waals surface area contributed by atoms with Gasteiger partial charge in [0.2, 0.25) is 11.8 Å². The van der Waals surface area contributed by atoms with Crippen LogP contribution in [0.25, 0.3) is 0 Å². The average molecular weight is 620 g/mol. The molecule has 3 aromatic rings. The van der Waals surface area contributed by atoms with Gasteiger partial charge < -0.3 is 36.1 Å². The minimum atomic E-state index is -1.24. The summed E-state index contributed by atoms with van der Waals surface area (Å²) in [6, 6.07) is 18.0. The summed E-state index contributed by atoms with van der Waals surface area (Å²) in [5, 5.41) is 24.5. The van der Waals surface area contributed by atoms with Crippen LogP contribution in [0.15, 0.2) is 78.9 Å². The first-order valence-electron chi connectivity index (χ1n) is 14.6. The van der Waals surface area contributed by atoms with Gasteiger partial charge in [-0.3, -0.25) is 14.4 Å². The van der Waals surface area contributed by atoms with E-state index in [1.807, 2.05) is 30.3 Å². The van der Waals surface area contributed by atoms with Crippen molar-refractivity contribution in [1.82, 2.24) is 10.6 Å². The van der Waals surface area contributed by atoms with Crippen LogP contribution in [0.3, 0.4) is 0 Å². The van der Waals surface area contributed by atoms with E-state index in [0.29, 0.717) is 11.1 Å². The van der Waals surface area contributed by atoms with E-state index < -0.39 is 47.5 Å². The highest BCUT2D eigenvalue weighted by molar-refractivity contribution is 5.92. The van der Waals surface area contributed by atoms with Gasteiger partial charge in [-0.1, -0.05) is 54.6 Å². The topological polar surface area (TPSA) is 177 Å². The maximum atomic E-state index is 13.6. The van der Waals surface area contributed by atoms with Gasteiger partial charge in [0.25, 0.3) is 0 Å². The summed E-state index contributed by atoms with van der Waals surface area (Å²) in [6.07, 6.45) is -0.160. The van der Waals surface area contributed by atoms with Crippen molar-refractivity contribution in [2.45, 2.75) is 76.8 Å². The van der Waals surface area contributed by atoms with Gasteiger partial charge in [-0.25, -0.2) is 4.79 Å². The molecule has 0 heterocycles. The summed E-state index contributed by atoms with van der Waals surface area (Å²) in [5.41, 5.74) is 7.44. The van der Waals surface area contributed by atoms with Crippen molar-refractivity contribution in [3.63, 3.8) is 0 Å². The fourth-order valence-corrected chi connectivity index (χ4v) is 4.30. The van der Waals surface area contributed by atoms with Crippen LogP contribution in [-0.4, -0.2) is 57.7 Å². The lowest BCUT2D eigenvalue weighted by Gasteiger charge is -2.27. The molecule has 45 heavy (non-hydrogen) atoms. The van der Waals surface area contributed by atoms with E-state index in [4.69, 9.17) is 15.2 Å². The lowest BCUT2D eigenvalue weighted by Crippen LogP contribution is -2.55. The Bertz CT molecular complexity index is 1420. The summed E-state index contributed by atoms with van der Waals surface area (Å²) in [5.74, 6) is -2.52. The zero-order valence-corrected chi connectivity index (χ0v) is 25.7. The molecule has 0 bridgehead atoms. The van der Waals surface area contributed by atoms with Crippen molar-refractivity contribution < 1.29 is 38.9 Å². The molecule has 0 fully saturated rings. The highest BCUT2D eigenvalue weighted by Crippen LogP contribution is 2.16. The minimum Gasteiger partial charge on any atom is -0.508 e. The number of phenols is 2. The van der Waals surface area contributed by atoms with Crippen LogP contribution in [0.5, 0.6) is 11.5 Å². The summed E-state index contributed by atoms with van der Waals surface area (Å²) >= 11 is 0. The van der Waals surface area contributed by atoms with Crippen LogP contribution in [0.4, 0.5) is 0 Å². The number of carbonyl (C=O) groups is 4. The van der Waals surface area contributed by atoms with Crippen LogP contribution in [0, 0.1) is 0 Å². The zero-order valence-electron chi connectivity index (χ0n) is 25.7. The van der Waals surface area contributed by atoms with E-state index >= 15 is 0 Å².